The van der Waals surface area contributed by atoms with E-state index in [9.17, 15) is 86.8 Å². The molecule has 4 saturated carbocycles. The molecule has 0 radical (unpaired) electrons. The standard InChI is InChI=1S/C56H92O29/c1-19-7-10-56(75-17-19)20(2)31-45(85-56)37(67)32-22-6-5-21-11-26(24(61)12-55(21,4)23(22)8-9-54(31,32)3)76-50-42(72)39(69)44(30(16-60)80-50)81-53-48(47(36(66)29(15-59)79-53)83-49-40(70)33(63)25(62)18-74-49)84-52-43(73)46(35(65)28(14-58)78-52)82-51-41(71)38(68)34(64)27(13-57)77-51/h19-53,57-73H,5-18H2,1-4H3/t19-,20?,21+,22?,23?,24-,25-,26-,27-,28-,29-,30-,31?,32?,33+,34-,35+,36-,37?,38+,39-,40-,41-,42-,43-,44+,45?,46+,47+,48-,49?,50-,51?,52+,53?,54-,55+,56-/m1/s1. The molecule has 11 rings (SSSR count). The molecule has 0 aromatic heterocycles. The highest BCUT2D eigenvalue weighted by Gasteiger charge is 2.73. The van der Waals surface area contributed by atoms with Gasteiger partial charge in [-0.15, -0.1) is 0 Å². The van der Waals surface area contributed by atoms with Crippen LogP contribution in [0.3, 0.4) is 0 Å². The predicted molar refractivity (Wildman–Crippen MR) is 278 cm³/mol. The van der Waals surface area contributed by atoms with Gasteiger partial charge in [0.15, 0.2) is 37.2 Å². The van der Waals surface area contributed by atoms with Gasteiger partial charge in [0.05, 0.1) is 64.1 Å². The van der Waals surface area contributed by atoms with Crippen molar-refractivity contribution in [2.75, 3.05) is 39.6 Å². The Bertz CT molecular complexity index is 2220. The minimum Gasteiger partial charge on any atom is -0.394 e. The predicted octanol–water partition coefficient (Wildman–Crippen LogP) is -6.50. The van der Waals surface area contributed by atoms with Gasteiger partial charge in [0.1, 0.15) is 116 Å². The molecule has 10 unspecified atom stereocenters. The van der Waals surface area contributed by atoms with Gasteiger partial charge in [-0.25, -0.2) is 0 Å². The van der Waals surface area contributed by atoms with Crippen molar-refractivity contribution >= 4 is 0 Å². The zero-order chi connectivity index (χ0) is 61.1. The first-order chi connectivity index (χ1) is 40.3. The van der Waals surface area contributed by atoms with Crippen LogP contribution >= 0.6 is 0 Å². The van der Waals surface area contributed by atoms with E-state index in [-0.39, 0.29) is 52.4 Å². The molecule has 0 amide bonds. The van der Waals surface area contributed by atoms with Gasteiger partial charge in [-0.3, -0.25) is 0 Å². The van der Waals surface area contributed by atoms with Crippen LogP contribution in [0.5, 0.6) is 0 Å². The smallest absolute Gasteiger partial charge is 0.187 e. The SMILES string of the molecule is CC1C2C(O[C@]13CC[C@@H](C)CO3)C(O)C1C3CC[C@H]4C[C@@H](O[C@@H]5O[C@H](CO)[C@H](OC6O[C@H](CO)[C@@H](O)[C@H](OC7OC[C@@H](O)[C@H](O)[C@H]7O)[C@H]6O[C@@H]6O[C@H](CO)[C@H](O)[C@H](OC7O[C@H](CO)[C@@H](O)[C@H](O)[C@H]7O)[C@H]6O)[C@H](O)[C@H]5O)[C@H](O)C[C@]4(C)C3CC[C@@]12C. The molecule has 0 aromatic carbocycles. The van der Waals surface area contributed by atoms with Crippen LogP contribution in [0.2, 0.25) is 0 Å². The fourth-order valence-electron chi connectivity index (χ4n) is 17.4. The number of aliphatic hydroxyl groups excluding tert-OH is 17. The van der Waals surface area contributed by atoms with Crippen LogP contribution in [-0.4, -0.2) is 304 Å². The summed E-state index contributed by atoms with van der Waals surface area (Å²) in [7, 11) is 0. The maximum Gasteiger partial charge on any atom is 0.187 e. The minimum atomic E-state index is -2.21. The molecule has 85 heavy (non-hydrogen) atoms. The summed E-state index contributed by atoms with van der Waals surface area (Å²) in [5.41, 5.74) is -0.531. The van der Waals surface area contributed by atoms with Crippen molar-refractivity contribution in [3.63, 3.8) is 0 Å². The fourth-order valence-corrected chi connectivity index (χ4v) is 17.4. The highest BCUT2D eigenvalue weighted by Crippen LogP contribution is 2.71. The summed E-state index contributed by atoms with van der Waals surface area (Å²) < 4.78 is 72.8. The molecule has 7 saturated heterocycles. The van der Waals surface area contributed by atoms with Gasteiger partial charge in [0.25, 0.3) is 0 Å². The molecule has 1 spiro atoms. The Kier molecular flexibility index (Phi) is 19.5. The van der Waals surface area contributed by atoms with E-state index < -0.39 is 205 Å². The van der Waals surface area contributed by atoms with Crippen molar-refractivity contribution in [2.24, 2.45) is 52.3 Å². The third kappa shape index (κ3) is 11.3. The number of ether oxygens (including phenoxy) is 12. The second-order valence-corrected chi connectivity index (χ2v) is 26.9. The topological polar surface area (TPSA) is 455 Å². The van der Waals surface area contributed by atoms with E-state index in [1.54, 1.807) is 0 Å². The number of hydrogen-bond donors (Lipinski definition) is 17. The zero-order valence-electron chi connectivity index (χ0n) is 48.1. The molecule has 7 heterocycles. The average molecular weight is 1230 g/mol. The number of rotatable bonds is 14. The number of aliphatic hydroxyl groups is 17. The quantitative estimate of drug-likeness (QED) is 0.0719. The van der Waals surface area contributed by atoms with Crippen LogP contribution in [0, 0.1) is 52.3 Å². The summed E-state index contributed by atoms with van der Waals surface area (Å²) in [6.45, 7) is 5.21. The van der Waals surface area contributed by atoms with Crippen molar-refractivity contribution in [2.45, 2.75) is 257 Å². The van der Waals surface area contributed by atoms with E-state index in [1.807, 2.05) is 0 Å². The van der Waals surface area contributed by atoms with Crippen molar-refractivity contribution in [1.82, 2.24) is 0 Å². The third-order valence-corrected chi connectivity index (χ3v) is 22.2. The third-order valence-electron chi connectivity index (χ3n) is 22.2. The fraction of sp³-hybridized carbons (Fsp3) is 1.00. The summed E-state index contributed by atoms with van der Waals surface area (Å²) in [5.74, 6) is 0.388. The summed E-state index contributed by atoms with van der Waals surface area (Å²) in [4.78, 5) is 0. The Morgan fingerprint density at radius 2 is 1.01 bits per heavy atom. The largest absolute Gasteiger partial charge is 0.394 e. The number of hydrogen-bond acceptors (Lipinski definition) is 29. The molecular formula is C56H92O29. The van der Waals surface area contributed by atoms with E-state index >= 15 is 0 Å². The molecule has 29 heteroatoms. The molecule has 38 atom stereocenters. The molecule has 29 nitrogen and oxygen atoms in total. The van der Waals surface area contributed by atoms with Gasteiger partial charge in [0, 0.05) is 18.3 Å². The maximum absolute atomic E-state index is 12.3. The Balaban J connectivity index is 0.797. The second kappa shape index (κ2) is 25.4. The van der Waals surface area contributed by atoms with Gasteiger partial charge in [-0.05, 0) is 85.4 Å². The Hall–Kier alpha value is -1.16. The van der Waals surface area contributed by atoms with Crippen LogP contribution in [0.1, 0.15) is 79.1 Å². The first-order valence-electron chi connectivity index (χ1n) is 30.5. The summed E-state index contributed by atoms with van der Waals surface area (Å²) in [6, 6.07) is 0. The van der Waals surface area contributed by atoms with Gasteiger partial charge in [-0.1, -0.05) is 27.7 Å². The molecule has 490 valence electrons. The summed E-state index contributed by atoms with van der Waals surface area (Å²) in [6.07, 6.45) is -42.5. The Labute approximate surface area is 491 Å². The maximum atomic E-state index is 12.3. The van der Waals surface area contributed by atoms with Crippen LogP contribution in [0.15, 0.2) is 0 Å². The average Bonchev–Trinajstić information content (AvgIpc) is 1.65. The van der Waals surface area contributed by atoms with E-state index in [4.69, 9.17) is 56.8 Å². The molecule has 11 fully saturated rings. The normalized spacial score (nSPS) is 58.1. The molecular weight excluding hydrogens is 1140 g/mol. The van der Waals surface area contributed by atoms with Crippen LogP contribution in [0.4, 0.5) is 0 Å². The second-order valence-electron chi connectivity index (χ2n) is 26.9. The lowest BCUT2D eigenvalue weighted by atomic mass is 9.44. The first-order valence-corrected chi connectivity index (χ1v) is 30.5. The van der Waals surface area contributed by atoms with E-state index in [1.165, 1.54) is 0 Å². The van der Waals surface area contributed by atoms with Crippen LogP contribution in [0.25, 0.3) is 0 Å². The lowest BCUT2D eigenvalue weighted by Crippen LogP contribution is -2.69. The highest BCUT2D eigenvalue weighted by molar-refractivity contribution is 5.19. The molecule has 0 aromatic rings. The zero-order valence-corrected chi connectivity index (χ0v) is 48.1. The van der Waals surface area contributed by atoms with Crippen molar-refractivity contribution in [3.8, 4) is 0 Å². The molecule has 4 aliphatic carbocycles. The van der Waals surface area contributed by atoms with Crippen molar-refractivity contribution in [1.29, 1.82) is 0 Å². The van der Waals surface area contributed by atoms with Gasteiger partial charge < -0.3 is 144 Å². The minimum absolute atomic E-state index is 0.00749. The van der Waals surface area contributed by atoms with Crippen molar-refractivity contribution in [3.05, 3.63) is 0 Å². The molecule has 17 N–H and O–H groups in total. The van der Waals surface area contributed by atoms with Gasteiger partial charge in [-0.2, -0.15) is 0 Å². The summed E-state index contributed by atoms with van der Waals surface area (Å²) in [5, 5.41) is 188. The Morgan fingerprint density at radius 1 is 0.447 bits per heavy atom. The van der Waals surface area contributed by atoms with Crippen LogP contribution < -0.4 is 0 Å². The molecule has 7 aliphatic heterocycles. The lowest BCUT2D eigenvalue weighted by molar-refractivity contribution is -0.410. The van der Waals surface area contributed by atoms with E-state index in [0.29, 0.717) is 25.4 Å². The Morgan fingerprint density at radius 3 is 1.67 bits per heavy atom. The van der Waals surface area contributed by atoms with E-state index in [2.05, 4.69) is 27.7 Å². The summed E-state index contributed by atoms with van der Waals surface area (Å²) >= 11 is 0. The molecule has 0 bridgehead atoms. The molecule has 11 aliphatic rings. The lowest BCUT2D eigenvalue weighted by Gasteiger charge is -2.62. The van der Waals surface area contributed by atoms with Gasteiger partial charge >= 0.3 is 0 Å². The van der Waals surface area contributed by atoms with Gasteiger partial charge in [0.2, 0.25) is 0 Å². The van der Waals surface area contributed by atoms with Crippen molar-refractivity contribution < 1.29 is 144 Å². The monoisotopic (exact) mass is 1230 g/mol. The van der Waals surface area contributed by atoms with E-state index in [0.717, 1.165) is 38.5 Å². The highest BCUT2D eigenvalue weighted by atomic mass is 16.8. The number of fused-ring (bicyclic) bond motifs is 7. The first kappa shape index (κ1) is 65.3. The van der Waals surface area contributed by atoms with Crippen LogP contribution in [-0.2, 0) is 56.8 Å².